The second-order valence-corrected chi connectivity index (χ2v) is 13.8. The molecule has 2 N–H and O–H groups in total. The molecule has 6 rings (SSSR count). The van der Waals surface area contributed by atoms with E-state index in [1.165, 1.54) is 0 Å². The SMILES string of the molecule is CC1=CC23C(C)CC4C(C(C=C5COC(C)(C)OC5C2(O)C1OC(=O)N(C)CC1CC1)C3O)C4(C)C. The number of aliphatic hydroxyl groups excluding tert-OH is 1. The van der Waals surface area contributed by atoms with Crippen LogP contribution in [0.3, 0.4) is 0 Å². The number of ether oxygens (including phenoxy) is 3. The molecular weight excluding hydrogens is 458 g/mol. The molecule has 5 aliphatic carbocycles. The van der Waals surface area contributed by atoms with Crippen LogP contribution in [-0.4, -0.2) is 71.1 Å². The largest absolute Gasteiger partial charge is 0.438 e. The molecule has 6 aliphatic rings. The van der Waals surface area contributed by atoms with Crippen molar-refractivity contribution in [2.45, 2.75) is 90.5 Å². The second-order valence-electron chi connectivity index (χ2n) is 13.8. The molecule has 9 unspecified atom stereocenters. The van der Waals surface area contributed by atoms with E-state index in [1.807, 2.05) is 26.8 Å². The molecule has 200 valence electrons. The lowest BCUT2D eigenvalue weighted by Gasteiger charge is -2.55. The predicted molar refractivity (Wildman–Crippen MR) is 134 cm³/mol. The van der Waals surface area contributed by atoms with Crippen LogP contribution in [-0.2, 0) is 14.2 Å². The molecule has 1 spiro atoms. The number of amides is 1. The molecule has 1 amide bonds. The summed E-state index contributed by atoms with van der Waals surface area (Å²) in [4.78, 5) is 14.9. The number of rotatable bonds is 3. The lowest BCUT2D eigenvalue weighted by Crippen LogP contribution is -2.69. The number of hydrogen-bond donors (Lipinski definition) is 2. The van der Waals surface area contributed by atoms with Crippen LogP contribution >= 0.6 is 0 Å². The van der Waals surface area contributed by atoms with E-state index in [2.05, 4.69) is 26.8 Å². The normalized spacial score (nSPS) is 47.8. The average molecular weight is 502 g/mol. The number of carbonyl (C=O) groups is 1. The third-order valence-electron chi connectivity index (χ3n) is 10.7. The zero-order valence-electron chi connectivity index (χ0n) is 22.8. The van der Waals surface area contributed by atoms with Crippen molar-refractivity contribution in [1.29, 1.82) is 0 Å². The quantitative estimate of drug-likeness (QED) is 0.571. The average Bonchev–Trinajstić information content (AvgIpc) is 3.69. The molecule has 36 heavy (non-hydrogen) atoms. The van der Waals surface area contributed by atoms with Gasteiger partial charge in [0.05, 0.1) is 18.1 Å². The van der Waals surface area contributed by atoms with Gasteiger partial charge in [0.15, 0.2) is 11.9 Å². The van der Waals surface area contributed by atoms with Crippen LogP contribution in [0.2, 0.25) is 0 Å². The maximum atomic E-state index is 13.3. The van der Waals surface area contributed by atoms with Crippen LogP contribution in [0.5, 0.6) is 0 Å². The van der Waals surface area contributed by atoms with Crippen molar-refractivity contribution in [1.82, 2.24) is 4.90 Å². The van der Waals surface area contributed by atoms with E-state index in [9.17, 15) is 15.0 Å². The maximum absolute atomic E-state index is 13.3. The summed E-state index contributed by atoms with van der Waals surface area (Å²) in [5.74, 6) is 0.221. The highest BCUT2D eigenvalue weighted by Crippen LogP contribution is 2.73. The first-order valence-corrected chi connectivity index (χ1v) is 13.8. The lowest BCUT2D eigenvalue weighted by molar-refractivity contribution is -0.312. The molecular formula is C29H43NO6. The second kappa shape index (κ2) is 7.58. The Morgan fingerprint density at radius 2 is 1.94 bits per heavy atom. The Hall–Kier alpha value is -1.41. The first-order chi connectivity index (χ1) is 16.7. The van der Waals surface area contributed by atoms with Gasteiger partial charge in [-0.05, 0) is 80.3 Å². The van der Waals surface area contributed by atoms with E-state index in [1.54, 1.807) is 11.9 Å². The summed E-state index contributed by atoms with van der Waals surface area (Å²) >= 11 is 0. The first kappa shape index (κ1) is 24.9. The highest BCUT2D eigenvalue weighted by atomic mass is 16.7. The van der Waals surface area contributed by atoms with Gasteiger partial charge in [-0.15, -0.1) is 0 Å². The van der Waals surface area contributed by atoms with Gasteiger partial charge in [-0.25, -0.2) is 4.79 Å². The minimum Gasteiger partial charge on any atom is -0.438 e. The summed E-state index contributed by atoms with van der Waals surface area (Å²) in [5.41, 5.74) is -0.926. The smallest absolute Gasteiger partial charge is 0.410 e. The van der Waals surface area contributed by atoms with Crippen molar-refractivity contribution in [3.63, 3.8) is 0 Å². The minimum absolute atomic E-state index is 0.0399. The Balaban J connectivity index is 1.47. The molecule has 7 heteroatoms. The third-order valence-corrected chi connectivity index (χ3v) is 10.7. The highest BCUT2D eigenvalue weighted by molar-refractivity contribution is 5.68. The van der Waals surface area contributed by atoms with Gasteiger partial charge in [-0.3, -0.25) is 0 Å². The molecule has 2 bridgehead atoms. The van der Waals surface area contributed by atoms with Gasteiger partial charge in [0.25, 0.3) is 0 Å². The van der Waals surface area contributed by atoms with E-state index >= 15 is 0 Å². The Kier molecular flexibility index (Phi) is 5.25. The van der Waals surface area contributed by atoms with Crippen molar-refractivity contribution in [2.75, 3.05) is 20.2 Å². The van der Waals surface area contributed by atoms with Crippen LogP contribution in [0.1, 0.15) is 60.8 Å². The summed E-state index contributed by atoms with van der Waals surface area (Å²) in [6.45, 7) is 13.3. The van der Waals surface area contributed by atoms with Crippen molar-refractivity contribution < 1.29 is 29.2 Å². The molecule has 1 saturated heterocycles. The molecule has 0 aromatic rings. The van der Waals surface area contributed by atoms with Gasteiger partial charge in [0.2, 0.25) is 0 Å². The highest BCUT2D eigenvalue weighted by Gasteiger charge is 2.77. The van der Waals surface area contributed by atoms with Crippen LogP contribution in [0.25, 0.3) is 0 Å². The number of nitrogens with zero attached hydrogens (tertiary/aromatic N) is 1. The fourth-order valence-electron chi connectivity index (χ4n) is 8.56. The van der Waals surface area contributed by atoms with Gasteiger partial charge < -0.3 is 29.3 Å². The minimum atomic E-state index is -1.66. The molecule has 9 atom stereocenters. The van der Waals surface area contributed by atoms with Gasteiger partial charge in [0.1, 0.15) is 11.7 Å². The molecule has 4 fully saturated rings. The summed E-state index contributed by atoms with van der Waals surface area (Å²) in [6, 6.07) is 0. The van der Waals surface area contributed by atoms with Crippen molar-refractivity contribution >= 4 is 6.09 Å². The van der Waals surface area contributed by atoms with Crippen molar-refractivity contribution in [3.8, 4) is 0 Å². The van der Waals surface area contributed by atoms with E-state index in [0.717, 1.165) is 30.4 Å². The van der Waals surface area contributed by atoms with E-state index in [4.69, 9.17) is 14.2 Å². The Labute approximate surface area is 214 Å². The van der Waals surface area contributed by atoms with Gasteiger partial charge in [0, 0.05) is 19.5 Å². The Morgan fingerprint density at radius 3 is 2.61 bits per heavy atom. The third kappa shape index (κ3) is 3.21. The molecule has 0 aromatic heterocycles. The van der Waals surface area contributed by atoms with Crippen LogP contribution in [0.15, 0.2) is 23.3 Å². The fourth-order valence-corrected chi connectivity index (χ4v) is 8.56. The maximum Gasteiger partial charge on any atom is 0.410 e. The molecule has 7 nitrogen and oxygen atoms in total. The van der Waals surface area contributed by atoms with Crippen LogP contribution in [0, 0.1) is 40.4 Å². The molecule has 3 saturated carbocycles. The zero-order chi connectivity index (χ0) is 26.0. The summed E-state index contributed by atoms with van der Waals surface area (Å²) < 4.78 is 18.7. The van der Waals surface area contributed by atoms with E-state index in [0.29, 0.717) is 30.9 Å². The molecule has 0 radical (unpaired) electrons. The van der Waals surface area contributed by atoms with Crippen molar-refractivity contribution in [3.05, 3.63) is 23.3 Å². The summed E-state index contributed by atoms with van der Waals surface area (Å²) in [5, 5.41) is 25.3. The molecule has 1 aliphatic heterocycles. The predicted octanol–water partition coefficient (Wildman–Crippen LogP) is 3.89. The standard InChI is InChI=1S/C29H43NO6/c1-15-12-28-16(2)10-20-21(26(20,3)4)19(22(28)31)11-18-14-34-27(5,6)36-24(18)29(28,33)23(15)35-25(32)30(7)13-17-8-9-17/h11-12,16-17,19-24,31,33H,8-10,13-14H2,1-7H3. The fraction of sp³-hybridized carbons (Fsp3) is 0.828. The van der Waals surface area contributed by atoms with Crippen LogP contribution < -0.4 is 0 Å². The van der Waals surface area contributed by atoms with Gasteiger partial charge in [-0.2, -0.15) is 0 Å². The monoisotopic (exact) mass is 501 g/mol. The van der Waals surface area contributed by atoms with E-state index < -0.39 is 41.2 Å². The molecule has 0 aromatic carbocycles. The summed E-state index contributed by atoms with van der Waals surface area (Å²) in [6.07, 6.45) is 4.38. The number of hydrogen-bond acceptors (Lipinski definition) is 6. The van der Waals surface area contributed by atoms with E-state index in [-0.39, 0.29) is 17.3 Å². The van der Waals surface area contributed by atoms with Gasteiger partial charge >= 0.3 is 6.09 Å². The molecule has 1 heterocycles. The van der Waals surface area contributed by atoms with Crippen molar-refractivity contribution in [2.24, 2.45) is 40.4 Å². The van der Waals surface area contributed by atoms with Crippen LogP contribution in [0.4, 0.5) is 4.79 Å². The van der Waals surface area contributed by atoms with Gasteiger partial charge in [-0.1, -0.05) is 32.9 Å². The Bertz CT molecular complexity index is 1030. The first-order valence-electron chi connectivity index (χ1n) is 13.8. The number of carbonyl (C=O) groups excluding carboxylic acids is 1. The summed E-state index contributed by atoms with van der Waals surface area (Å²) in [7, 11) is 1.76. The zero-order valence-corrected chi connectivity index (χ0v) is 22.8. The topological polar surface area (TPSA) is 88.5 Å². The Morgan fingerprint density at radius 1 is 1.25 bits per heavy atom. The lowest BCUT2D eigenvalue weighted by atomic mass is 9.58. The number of fused-ring (bicyclic) bond motifs is 5. The number of aliphatic hydroxyl groups is 2.